The summed E-state index contributed by atoms with van der Waals surface area (Å²) >= 11 is 1.73. The van der Waals surface area contributed by atoms with E-state index >= 15 is 0 Å². The number of hydrogen-bond acceptors (Lipinski definition) is 3. The Kier molecular flexibility index (Phi) is 2.41. The van der Waals surface area contributed by atoms with E-state index in [9.17, 15) is 5.11 Å². The predicted octanol–water partition coefficient (Wildman–Crippen LogP) is 1.70. The molecular formula is C10H15NOS. The highest BCUT2D eigenvalue weighted by Crippen LogP contribution is 2.25. The molecule has 1 N–H and O–H groups in total. The lowest BCUT2D eigenvalue weighted by molar-refractivity contribution is -0.103. The molecule has 0 bridgehead atoms. The average Bonchev–Trinajstić information content (AvgIpc) is 2.54. The van der Waals surface area contributed by atoms with Crippen molar-refractivity contribution in [3.8, 4) is 0 Å². The van der Waals surface area contributed by atoms with Crippen LogP contribution in [0.2, 0.25) is 0 Å². The number of β-amino-alcohol motifs (C(OH)–C–C–N with tert-alkyl or cyclic N) is 1. The topological polar surface area (TPSA) is 23.5 Å². The van der Waals surface area contributed by atoms with E-state index in [1.807, 2.05) is 6.92 Å². The molecule has 1 fully saturated rings. The largest absolute Gasteiger partial charge is 0.387 e. The molecule has 1 aliphatic heterocycles. The van der Waals surface area contributed by atoms with Crippen LogP contribution in [0.15, 0.2) is 16.8 Å². The van der Waals surface area contributed by atoms with E-state index in [2.05, 4.69) is 21.7 Å². The van der Waals surface area contributed by atoms with Gasteiger partial charge in [0.1, 0.15) is 0 Å². The molecule has 1 aliphatic rings. The summed E-state index contributed by atoms with van der Waals surface area (Å²) in [5.74, 6) is 0. The van der Waals surface area contributed by atoms with Gasteiger partial charge in [0, 0.05) is 19.6 Å². The summed E-state index contributed by atoms with van der Waals surface area (Å²) in [7, 11) is 0. The third-order valence-corrected chi connectivity index (χ3v) is 3.41. The Balaban J connectivity index is 1.82. The number of hydrogen-bond donors (Lipinski definition) is 1. The van der Waals surface area contributed by atoms with Gasteiger partial charge >= 0.3 is 0 Å². The molecule has 0 atom stereocenters. The highest BCUT2D eigenvalue weighted by Gasteiger charge is 2.38. The van der Waals surface area contributed by atoms with Crippen LogP contribution in [0.25, 0.3) is 0 Å². The number of nitrogens with zero attached hydrogens (tertiary/aromatic N) is 1. The van der Waals surface area contributed by atoms with Crippen LogP contribution in [0.5, 0.6) is 0 Å². The second-order valence-corrected chi connectivity index (χ2v) is 4.63. The van der Waals surface area contributed by atoms with Crippen molar-refractivity contribution in [1.29, 1.82) is 0 Å². The van der Waals surface area contributed by atoms with Gasteiger partial charge in [0.05, 0.1) is 5.60 Å². The summed E-state index contributed by atoms with van der Waals surface area (Å²) in [6.45, 7) is 4.70. The Morgan fingerprint density at radius 1 is 1.62 bits per heavy atom. The minimum atomic E-state index is -0.393. The maximum absolute atomic E-state index is 9.78. The quantitative estimate of drug-likeness (QED) is 0.797. The summed E-state index contributed by atoms with van der Waals surface area (Å²) in [6.07, 6.45) is 0.868. The van der Waals surface area contributed by atoms with E-state index in [4.69, 9.17) is 0 Å². The molecule has 0 amide bonds. The number of aliphatic hydroxyl groups is 1. The fraction of sp³-hybridized carbons (Fsp3) is 0.600. The SMILES string of the molecule is CCC1(O)CN(Cc2ccsc2)C1. The summed E-state index contributed by atoms with van der Waals surface area (Å²) in [5, 5.41) is 14.0. The van der Waals surface area contributed by atoms with Gasteiger partial charge in [0.2, 0.25) is 0 Å². The summed E-state index contributed by atoms with van der Waals surface area (Å²) < 4.78 is 0. The standard InChI is InChI=1S/C10H15NOS/c1-2-10(12)7-11(8-10)5-9-3-4-13-6-9/h3-4,6,12H,2,5,7-8H2,1H3. The Morgan fingerprint density at radius 3 is 2.92 bits per heavy atom. The van der Waals surface area contributed by atoms with Gasteiger partial charge in [-0.2, -0.15) is 11.3 Å². The van der Waals surface area contributed by atoms with Gasteiger partial charge in [-0.05, 0) is 28.8 Å². The molecule has 0 unspecified atom stereocenters. The van der Waals surface area contributed by atoms with Gasteiger partial charge in [-0.15, -0.1) is 0 Å². The highest BCUT2D eigenvalue weighted by atomic mass is 32.1. The van der Waals surface area contributed by atoms with Crippen molar-refractivity contribution >= 4 is 11.3 Å². The molecule has 2 nitrogen and oxygen atoms in total. The Hall–Kier alpha value is -0.380. The molecule has 0 spiro atoms. The first kappa shape index (κ1) is 9.19. The Morgan fingerprint density at radius 2 is 2.38 bits per heavy atom. The van der Waals surface area contributed by atoms with E-state index in [1.54, 1.807) is 11.3 Å². The van der Waals surface area contributed by atoms with Crippen molar-refractivity contribution in [1.82, 2.24) is 4.90 Å². The first-order valence-electron chi connectivity index (χ1n) is 4.68. The van der Waals surface area contributed by atoms with Crippen molar-refractivity contribution in [2.45, 2.75) is 25.5 Å². The van der Waals surface area contributed by atoms with Crippen LogP contribution in [-0.2, 0) is 6.54 Å². The molecule has 0 aromatic carbocycles. The maximum Gasteiger partial charge on any atom is 0.0897 e. The smallest absolute Gasteiger partial charge is 0.0897 e. The monoisotopic (exact) mass is 197 g/mol. The van der Waals surface area contributed by atoms with Crippen molar-refractivity contribution < 1.29 is 5.11 Å². The first-order valence-corrected chi connectivity index (χ1v) is 5.62. The second-order valence-electron chi connectivity index (χ2n) is 3.85. The molecule has 0 radical (unpaired) electrons. The van der Waals surface area contributed by atoms with Crippen LogP contribution < -0.4 is 0 Å². The number of rotatable bonds is 3. The zero-order valence-corrected chi connectivity index (χ0v) is 8.68. The van der Waals surface area contributed by atoms with Crippen molar-refractivity contribution in [2.24, 2.45) is 0 Å². The van der Waals surface area contributed by atoms with E-state index < -0.39 is 5.60 Å². The van der Waals surface area contributed by atoms with E-state index in [1.165, 1.54) is 5.56 Å². The van der Waals surface area contributed by atoms with Gasteiger partial charge in [0.15, 0.2) is 0 Å². The van der Waals surface area contributed by atoms with Gasteiger partial charge < -0.3 is 5.11 Å². The van der Waals surface area contributed by atoms with Crippen LogP contribution in [0.3, 0.4) is 0 Å². The van der Waals surface area contributed by atoms with Crippen LogP contribution in [0, 0.1) is 0 Å². The third-order valence-electron chi connectivity index (χ3n) is 2.68. The van der Waals surface area contributed by atoms with Gasteiger partial charge in [-0.25, -0.2) is 0 Å². The van der Waals surface area contributed by atoms with E-state index in [0.29, 0.717) is 0 Å². The molecule has 0 aliphatic carbocycles. The van der Waals surface area contributed by atoms with Crippen molar-refractivity contribution in [2.75, 3.05) is 13.1 Å². The number of likely N-dealkylation sites (tertiary alicyclic amines) is 1. The Bertz CT molecular complexity index is 264. The highest BCUT2D eigenvalue weighted by molar-refractivity contribution is 7.07. The zero-order chi connectivity index (χ0) is 9.31. The lowest BCUT2D eigenvalue weighted by Crippen LogP contribution is -2.60. The summed E-state index contributed by atoms with van der Waals surface area (Å²) in [6, 6.07) is 2.15. The molecule has 3 heteroatoms. The lowest BCUT2D eigenvalue weighted by Gasteiger charge is -2.46. The first-order chi connectivity index (χ1) is 6.22. The molecule has 72 valence electrons. The predicted molar refractivity (Wildman–Crippen MR) is 54.8 cm³/mol. The third kappa shape index (κ3) is 1.93. The fourth-order valence-corrected chi connectivity index (χ4v) is 2.42. The van der Waals surface area contributed by atoms with Crippen molar-refractivity contribution in [3.63, 3.8) is 0 Å². The van der Waals surface area contributed by atoms with Crippen LogP contribution in [0.1, 0.15) is 18.9 Å². The van der Waals surface area contributed by atoms with Crippen LogP contribution in [0.4, 0.5) is 0 Å². The van der Waals surface area contributed by atoms with Crippen LogP contribution >= 0.6 is 11.3 Å². The van der Waals surface area contributed by atoms with Gasteiger partial charge in [0.25, 0.3) is 0 Å². The molecule has 2 heterocycles. The number of thiophene rings is 1. The Labute approximate surface area is 82.8 Å². The molecule has 1 aromatic rings. The summed E-state index contributed by atoms with van der Waals surface area (Å²) in [4.78, 5) is 2.28. The van der Waals surface area contributed by atoms with E-state index in [0.717, 1.165) is 26.1 Å². The average molecular weight is 197 g/mol. The van der Waals surface area contributed by atoms with Gasteiger partial charge in [-0.3, -0.25) is 4.90 Å². The maximum atomic E-state index is 9.78. The fourth-order valence-electron chi connectivity index (χ4n) is 1.76. The van der Waals surface area contributed by atoms with Crippen molar-refractivity contribution in [3.05, 3.63) is 22.4 Å². The molecular weight excluding hydrogens is 182 g/mol. The minimum absolute atomic E-state index is 0.393. The second kappa shape index (κ2) is 3.40. The van der Waals surface area contributed by atoms with Gasteiger partial charge in [-0.1, -0.05) is 6.92 Å². The molecule has 1 saturated heterocycles. The molecule has 13 heavy (non-hydrogen) atoms. The molecule has 1 aromatic heterocycles. The summed E-state index contributed by atoms with van der Waals surface area (Å²) in [5.41, 5.74) is 0.971. The molecule has 0 saturated carbocycles. The van der Waals surface area contributed by atoms with Crippen LogP contribution in [-0.4, -0.2) is 28.7 Å². The zero-order valence-electron chi connectivity index (χ0n) is 7.86. The normalized spacial score (nSPS) is 21.4. The minimum Gasteiger partial charge on any atom is -0.387 e. The lowest BCUT2D eigenvalue weighted by atomic mass is 9.91. The molecule has 2 rings (SSSR count). The van der Waals surface area contributed by atoms with E-state index in [-0.39, 0.29) is 0 Å².